The SMILES string of the molecule is Clc1cccc(N(c2ccc(-c3ccccc3)cc2)c2ccc3c(c2)C(c2ccccc2)(c2ccccc2)c2ccccc2-3)c1. The van der Waals surface area contributed by atoms with E-state index >= 15 is 0 Å². The zero-order valence-corrected chi connectivity index (χ0v) is 25.4. The minimum atomic E-state index is -0.471. The van der Waals surface area contributed by atoms with Crippen molar-refractivity contribution in [2.75, 3.05) is 4.90 Å². The van der Waals surface area contributed by atoms with Crippen LogP contribution < -0.4 is 4.90 Å². The molecule has 0 bridgehead atoms. The monoisotopic (exact) mass is 595 g/mol. The van der Waals surface area contributed by atoms with Crippen LogP contribution >= 0.6 is 11.6 Å². The van der Waals surface area contributed by atoms with E-state index in [1.807, 2.05) is 18.2 Å². The van der Waals surface area contributed by atoms with Gasteiger partial charge in [-0.3, -0.25) is 0 Å². The Morgan fingerprint density at radius 2 is 0.911 bits per heavy atom. The van der Waals surface area contributed by atoms with Gasteiger partial charge in [0, 0.05) is 22.1 Å². The molecule has 0 N–H and O–H groups in total. The van der Waals surface area contributed by atoms with Crippen molar-refractivity contribution in [1.29, 1.82) is 0 Å². The van der Waals surface area contributed by atoms with Crippen LogP contribution in [0.2, 0.25) is 5.02 Å². The Bertz CT molecular complexity index is 2060. The molecule has 0 spiro atoms. The summed E-state index contributed by atoms with van der Waals surface area (Å²) in [5, 5.41) is 0.704. The van der Waals surface area contributed by atoms with Crippen molar-refractivity contribution in [3.63, 3.8) is 0 Å². The Morgan fingerprint density at radius 3 is 1.58 bits per heavy atom. The van der Waals surface area contributed by atoms with Crippen molar-refractivity contribution in [2.24, 2.45) is 0 Å². The summed E-state index contributed by atoms with van der Waals surface area (Å²) >= 11 is 6.60. The number of rotatable bonds is 6. The predicted molar refractivity (Wildman–Crippen MR) is 189 cm³/mol. The van der Waals surface area contributed by atoms with Crippen LogP contribution in [0.5, 0.6) is 0 Å². The molecular formula is C43H30ClN. The summed E-state index contributed by atoms with van der Waals surface area (Å²) in [6.45, 7) is 0. The van der Waals surface area contributed by atoms with E-state index in [0.717, 1.165) is 17.1 Å². The second kappa shape index (κ2) is 11.3. The third kappa shape index (κ3) is 4.56. The predicted octanol–water partition coefficient (Wildman–Crippen LogP) is 11.8. The molecule has 45 heavy (non-hydrogen) atoms. The topological polar surface area (TPSA) is 3.24 Å². The van der Waals surface area contributed by atoms with Gasteiger partial charge in [0.2, 0.25) is 0 Å². The standard InChI is InChI=1S/C43H30ClN/c44-35-19-12-20-37(29-35)45(36-25-23-32(24-26-36)31-13-4-1-5-14-31)38-27-28-40-39-21-10-11-22-41(39)43(42(40)30-38,33-15-6-2-7-16-33)34-17-8-3-9-18-34/h1-30H. The Balaban J connectivity index is 1.37. The van der Waals surface area contributed by atoms with Gasteiger partial charge in [-0.25, -0.2) is 0 Å². The second-order valence-corrected chi connectivity index (χ2v) is 11.9. The first-order valence-electron chi connectivity index (χ1n) is 15.3. The largest absolute Gasteiger partial charge is 0.310 e. The fourth-order valence-corrected chi connectivity index (χ4v) is 7.25. The summed E-state index contributed by atoms with van der Waals surface area (Å²) in [5.74, 6) is 0. The molecule has 8 rings (SSSR count). The van der Waals surface area contributed by atoms with Gasteiger partial charge in [0.1, 0.15) is 0 Å². The van der Waals surface area contributed by atoms with Crippen LogP contribution in [0.1, 0.15) is 22.3 Å². The summed E-state index contributed by atoms with van der Waals surface area (Å²) in [6, 6.07) is 65.1. The van der Waals surface area contributed by atoms with Crippen LogP contribution in [0.15, 0.2) is 182 Å². The molecule has 2 heteroatoms. The van der Waals surface area contributed by atoms with Crippen molar-refractivity contribution in [1.82, 2.24) is 0 Å². The van der Waals surface area contributed by atoms with E-state index in [1.54, 1.807) is 0 Å². The Labute approximate surface area is 269 Å². The van der Waals surface area contributed by atoms with Crippen molar-refractivity contribution >= 4 is 28.7 Å². The van der Waals surface area contributed by atoms with Crippen molar-refractivity contribution in [2.45, 2.75) is 5.41 Å². The highest BCUT2D eigenvalue weighted by molar-refractivity contribution is 6.30. The van der Waals surface area contributed by atoms with Crippen LogP contribution in [0.3, 0.4) is 0 Å². The van der Waals surface area contributed by atoms with Crippen LogP contribution in [0.25, 0.3) is 22.3 Å². The Kier molecular flexibility index (Phi) is 6.82. The van der Waals surface area contributed by atoms with Gasteiger partial charge < -0.3 is 4.90 Å². The average molecular weight is 596 g/mol. The summed E-state index contributed by atoms with van der Waals surface area (Å²) in [7, 11) is 0. The van der Waals surface area contributed by atoms with E-state index in [4.69, 9.17) is 11.6 Å². The number of benzene rings is 7. The van der Waals surface area contributed by atoms with Crippen molar-refractivity contribution < 1.29 is 0 Å². The highest BCUT2D eigenvalue weighted by Crippen LogP contribution is 2.57. The molecule has 1 aliphatic rings. The molecule has 0 fully saturated rings. The molecule has 7 aromatic rings. The Morgan fingerprint density at radius 1 is 0.378 bits per heavy atom. The maximum Gasteiger partial charge on any atom is 0.0714 e. The van der Waals surface area contributed by atoms with E-state index in [0.29, 0.717) is 5.02 Å². The Hall–Kier alpha value is -5.37. The smallest absolute Gasteiger partial charge is 0.0714 e. The summed E-state index contributed by atoms with van der Waals surface area (Å²) in [6.07, 6.45) is 0. The maximum absolute atomic E-state index is 6.60. The zero-order valence-electron chi connectivity index (χ0n) is 24.6. The third-order valence-electron chi connectivity index (χ3n) is 9.00. The number of hydrogen-bond acceptors (Lipinski definition) is 1. The van der Waals surface area contributed by atoms with E-state index < -0.39 is 5.41 Å². The lowest BCUT2D eigenvalue weighted by Gasteiger charge is -2.35. The van der Waals surface area contributed by atoms with Gasteiger partial charge in [-0.2, -0.15) is 0 Å². The third-order valence-corrected chi connectivity index (χ3v) is 9.23. The normalized spacial score (nSPS) is 12.7. The lowest BCUT2D eigenvalue weighted by Crippen LogP contribution is -2.28. The molecule has 1 aliphatic carbocycles. The zero-order chi connectivity index (χ0) is 30.2. The summed E-state index contributed by atoms with van der Waals surface area (Å²) < 4.78 is 0. The highest BCUT2D eigenvalue weighted by Gasteiger charge is 2.46. The van der Waals surface area contributed by atoms with Gasteiger partial charge in [-0.1, -0.05) is 151 Å². The fourth-order valence-electron chi connectivity index (χ4n) is 7.07. The molecule has 0 aromatic heterocycles. The molecule has 0 radical (unpaired) electrons. The van der Waals surface area contributed by atoms with Crippen molar-refractivity contribution in [3.8, 4) is 22.3 Å². The average Bonchev–Trinajstić information content (AvgIpc) is 3.40. The molecule has 0 aliphatic heterocycles. The molecule has 0 amide bonds. The second-order valence-electron chi connectivity index (χ2n) is 11.5. The van der Waals surface area contributed by atoms with E-state index in [9.17, 15) is 0 Å². The minimum absolute atomic E-state index is 0.471. The molecule has 0 unspecified atom stereocenters. The summed E-state index contributed by atoms with van der Waals surface area (Å²) in [5.41, 5.74) is 12.7. The molecule has 7 aromatic carbocycles. The number of nitrogens with zero attached hydrogens (tertiary/aromatic N) is 1. The molecule has 214 valence electrons. The minimum Gasteiger partial charge on any atom is -0.310 e. The van der Waals surface area contributed by atoms with Gasteiger partial charge >= 0.3 is 0 Å². The quantitative estimate of drug-likeness (QED) is 0.185. The van der Waals surface area contributed by atoms with E-state index in [1.165, 1.54) is 44.5 Å². The first kappa shape index (κ1) is 27.2. The number of anilines is 3. The van der Waals surface area contributed by atoms with Crippen LogP contribution in [0.4, 0.5) is 17.1 Å². The molecule has 0 heterocycles. The van der Waals surface area contributed by atoms with Crippen molar-refractivity contribution in [3.05, 3.63) is 209 Å². The van der Waals surface area contributed by atoms with Crippen LogP contribution in [-0.2, 0) is 5.41 Å². The van der Waals surface area contributed by atoms with Gasteiger partial charge in [0.25, 0.3) is 0 Å². The molecule has 1 nitrogen and oxygen atoms in total. The van der Waals surface area contributed by atoms with E-state index in [-0.39, 0.29) is 0 Å². The van der Waals surface area contributed by atoms with Crippen LogP contribution in [0, 0.1) is 0 Å². The van der Waals surface area contributed by atoms with Crippen LogP contribution in [-0.4, -0.2) is 0 Å². The lowest BCUT2D eigenvalue weighted by molar-refractivity contribution is 0.768. The molecule has 0 atom stereocenters. The molecular weight excluding hydrogens is 566 g/mol. The molecule has 0 saturated heterocycles. The number of fused-ring (bicyclic) bond motifs is 3. The highest BCUT2D eigenvalue weighted by atomic mass is 35.5. The lowest BCUT2D eigenvalue weighted by atomic mass is 9.67. The van der Waals surface area contributed by atoms with Gasteiger partial charge in [0.15, 0.2) is 0 Å². The number of hydrogen-bond donors (Lipinski definition) is 0. The molecule has 0 saturated carbocycles. The van der Waals surface area contributed by atoms with Gasteiger partial charge in [0.05, 0.1) is 5.41 Å². The first-order valence-corrected chi connectivity index (χ1v) is 15.7. The van der Waals surface area contributed by atoms with Gasteiger partial charge in [-0.05, 0) is 87.0 Å². The fraction of sp³-hybridized carbons (Fsp3) is 0.0233. The summed E-state index contributed by atoms with van der Waals surface area (Å²) in [4.78, 5) is 2.31. The van der Waals surface area contributed by atoms with E-state index in [2.05, 4.69) is 169 Å². The number of halogens is 1. The first-order chi connectivity index (χ1) is 22.2. The van der Waals surface area contributed by atoms with Gasteiger partial charge in [-0.15, -0.1) is 0 Å². The maximum atomic E-state index is 6.60.